The van der Waals surface area contributed by atoms with E-state index in [1.807, 2.05) is 12.1 Å². The van der Waals surface area contributed by atoms with Crippen LogP contribution in [0, 0.1) is 0 Å². The lowest BCUT2D eigenvalue weighted by Gasteiger charge is -2.25. The Morgan fingerprint density at radius 3 is 1.01 bits per heavy atom. The lowest BCUT2D eigenvalue weighted by Crippen LogP contribution is -2.10. The smallest absolute Gasteiger partial charge is 0.178 e. The summed E-state index contributed by atoms with van der Waals surface area (Å²) < 4.78 is 27.7. The van der Waals surface area contributed by atoms with Crippen molar-refractivity contribution < 1.29 is 17.7 Å². The molecule has 0 fully saturated rings. The van der Waals surface area contributed by atoms with Crippen LogP contribution in [0.5, 0.6) is 0 Å². The minimum Gasteiger partial charge on any atom is -0.453 e. The zero-order chi connectivity index (χ0) is 52.4. The lowest BCUT2D eigenvalue weighted by atomic mass is 10.0. The predicted octanol–water partition coefficient (Wildman–Crippen LogP) is 21.9. The van der Waals surface area contributed by atoms with E-state index in [9.17, 15) is 0 Å². The van der Waals surface area contributed by atoms with Crippen molar-refractivity contribution in [3.63, 3.8) is 0 Å². The van der Waals surface area contributed by atoms with Gasteiger partial charge in [0, 0.05) is 77.0 Å². The van der Waals surface area contributed by atoms with Crippen molar-refractivity contribution in [1.82, 2.24) is 0 Å². The maximum Gasteiger partial charge on any atom is 0.178 e. The third-order valence-corrected chi connectivity index (χ3v) is 16.2. The van der Waals surface area contributed by atoms with E-state index in [-0.39, 0.29) is 0 Å². The Labute approximate surface area is 457 Å². The fraction of sp³-hybridized carbons (Fsp3) is 0. The maximum atomic E-state index is 6.96. The Hall–Kier alpha value is -10.8. The minimum atomic E-state index is 0.732. The van der Waals surface area contributed by atoms with Crippen LogP contribution in [0.25, 0.3) is 132 Å². The molecule has 4 heterocycles. The summed E-state index contributed by atoms with van der Waals surface area (Å²) in [5.74, 6) is 0. The van der Waals surface area contributed by atoms with Gasteiger partial charge in [0.05, 0.1) is 11.4 Å². The fourth-order valence-electron chi connectivity index (χ4n) is 12.5. The molecule has 0 amide bonds. The molecule has 0 N–H and O–H groups in total. The van der Waals surface area contributed by atoms with E-state index in [2.05, 4.69) is 265 Å². The normalized spacial score (nSPS) is 12.0. The highest BCUT2D eigenvalue weighted by atomic mass is 16.4. The first-order valence-corrected chi connectivity index (χ1v) is 27.0. The Kier molecular flexibility index (Phi) is 9.61. The van der Waals surface area contributed by atoms with Crippen LogP contribution < -0.4 is 9.80 Å². The molecule has 0 aliphatic heterocycles. The predicted molar refractivity (Wildman–Crippen MR) is 331 cm³/mol. The van der Waals surface area contributed by atoms with Crippen LogP contribution in [-0.4, -0.2) is 0 Å². The van der Waals surface area contributed by atoms with E-state index in [0.29, 0.717) is 0 Å². The van der Waals surface area contributed by atoms with Gasteiger partial charge >= 0.3 is 0 Å². The second-order valence-electron chi connectivity index (χ2n) is 20.7. The van der Waals surface area contributed by atoms with Gasteiger partial charge in [0.25, 0.3) is 0 Å². The number of hydrogen-bond donors (Lipinski definition) is 0. The van der Waals surface area contributed by atoms with Crippen LogP contribution in [0.2, 0.25) is 0 Å². The van der Waals surface area contributed by atoms with Gasteiger partial charge < -0.3 is 27.5 Å². The first kappa shape index (κ1) is 44.3. The average molecular weight is 1030 g/mol. The Bertz CT molecular complexity index is 4970. The molecule has 80 heavy (non-hydrogen) atoms. The van der Waals surface area contributed by atoms with E-state index >= 15 is 0 Å². The topological polar surface area (TPSA) is 59.0 Å². The minimum absolute atomic E-state index is 0.732. The summed E-state index contributed by atoms with van der Waals surface area (Å²) in [7, 11) is 0. The molecule has 0 aliphatic carbocycles. The van der Waals surface area contributed by atoms with Crippen LogP contribution in [-0.2, 0) is 0 Å². The average Bonchev–Trinajstić information content (AvgIpc) is 4.40. The van der Waals surface area contributed by atoms with Crippen molar-refractivity contribution in [1.29, 1.82) is 0 Å². The quantitative estimate of drug-likeness (QED) is 0.151. The summed E-state index contributed by atoms with van der Waals surface area (Å²) >= 11 is 0. The van der Waals surface area contributed by atoms with Crippen LogP contribution >= 0.6 is 0 Å². The molecule has 6 nitrogen and oxygen atoms in total. The van der Waals surface area contributed by atoms with Gasteiger partial charge in [-0.25, -0.2) is 0 Å². The van der Waals surface area contributed by atoms with E-state index in [4.69, 9.17) is 17.7 Å². The SMILES string of the molecule is c1ccc(-c2cccc3c2oc2c(N(c4ccccc4)c4ccc5cc6c(cc5c4)oc4c6ccc5c6cc7ccc(N(c8ccccc8)c8cccc9c8oc8c(-c%10ccccc%10)cccc89)cc7cc6oc54)cccc23)cc1. The van der Waals surface area contributed by atoms with E-state index < -0.39 is 0 Å². The van der Waals surface area contributed by atoms with Crippen molar-refractivity contribution in [2.24, 2.45) is 0 Å². The standard InChI is InChI=1S/C74H44N2O4/c1-5-17-45(18-6-1)55-25-13-27-57-59-29-15-31-65(71(59)79-69(55)57)75(51-21-9-3-10-22-51)53-35-33-47-41-63-61-37-38-62-64-42-48-34-36-54(40-50(48)44-68(64)78-74(62)73(61)77-67(63)43-49(47)39-53)76(52-23-11-4-12-24-52)66-32-16-30-60-58-28-14-26-56(70(58)80-72(60)66)46-19-7-2-8-20-46/h1-44H. The molecule has 0 aliphatic rings. The third kappa shape index (κ3) is 6.79. The zero-order valence-electron chi connectivity index (χ0n) is 42.9. The summed E-state index contributed by atoms with van der Waals surface area (Å²) in [5, 5.41) is 12.7. The number of hydrogen-bond acceptors (Lipinski definition) is 6. The number of nitrogens with zero attached hydrogens (tertiary/aromatic N) is 2. The zero-order valence-corrected chi connectivity index (χ0v) is 42.9. The van der Waals surface area contributed by atoms with Crippen LogP contribution in [0.4, 0.5) is 34.1 Å². The number of rotatable bonds is 8. The molecule has 0 unspecified atom stereocenters. The number of furan rings is 4. The van der Waals surface area contributed by atoms with Gasteiger partial charge in [-0.15, -0.1) is 0 Å². The molecule has 6 heteroatoms. The molecule has 0 saturated heterocycles. The molecule has 0 saturated carbocycles. The van der Waals surface area contributed by atoms with Gasteiger partial charge in [0.1, 0.15) is 22.3 Å². The van der Waals surface area contributed by atoms with E-state index in [0.717, 1.165) is 166 Å². The van der Waals surface area contributed by atoms with Gasteiger partial charge in [-0.3, -0.25) is 0 Å². The summed E-state index contributed by atoms with van der Waals surface area (Å²) in [6.45, 7) is 0. The Morgan fingerprint density at radius 2 is 0.588 bits per heavy atom. The maximum absolute atomic E-state index is 6.96. The largest absolute Gasteiger partial charge is 0.453 e. The summed E-state index contributed by atoms with van der Waals surface area (Å²) in [5.41, 5.74) is 16.8. The third-order valence-electron chi connectivity index (χ3n) is 16.2. The van der Waals surface area contributed by atoms with Crippen LogP contribution in [0.3, 0.4) is 0 Å². The van der Waals surface area contributed by atoms with E-state index in [1.54, 1.807) is 0 Å². The van der Waals surface area contributed by atoms with Crippen LogP contribution in [0.15, 0.2) is 285 Å². The molecule has 0 bridgehead atoms. The number of benzene rings is 13. The number of para-hydroxylation sites is 6. The highest BCUT2D eigenvalue weighted by Gasteiger charge is 2.25. The summed E-state index contributed by atoms with van der Waals surface area (Å²) in [4.78, 5) is 4.59. The van der Waals surface area contributed by atoms with Crippen molar-refractivity contribution in [2.45, 2.75) is 0 Å². The molecule has 17 aromatic rings. The Morgan fingerprint density at radius 1 is 0.212 bits per heavy atom. The van der Waals surface area contributed by atoms with Gasteiger partial charge in [-0.1, -0.05) is 170 Å². The monoisotopic (exact) mass is 1020 g/mol. The van der Waals surface area contributed by atoms with Crippen molar-refractivity contribution in [3.05, 3.63) is 267 Å². The highest BCUT2D eigenvalue weighted by molar-refractivity contribution is 6.22. The first-order chi connectivity index (χ1) is 39.6. The second-order valence-corrected chi connectivity index (χ2v) is 20.7. The summed E-state index contributed by atoms with van der Waals surface area (Å²) in [6.07, 6.45) is 0. The molecule has 17 rings (SSSR count). The molecule has 13 aromatic carbocycles. The molecule has 0 atom stereocenters. The fourth-order valence-corrected chi connectivity index (χ4v) is 12.5. The summed E-state index contributed by atoms with van der Waals surface area (Å²) in [6, 6.07) is 94.2. The van der Waals surface area contributed by atoms with Crippen molar-refractivity contribution >= 4 is 143 Å². The number of fused-ring (bicyclic) bond motifs is 15. The van der Waals surface area contributed by atoms with Crippen molar-refractivity contribution in [3.8, 4) is 22.3 Å². The molecule has 0 radical (unpaired) electrons. The lowest BCUT2D eigenvalue weighted by molar-refractivity contribution is 0.634. The highest BCUT2D eigenvalue weighted by Crippen LogP contribution is 2.48. The van der Waals surface area contributed by atoms with Crippen LogP contribution in [0.1, 0.15) is 0 Å². The van der Waals surface area contributed by atoms with E-state index in [1.165, 1.54) is 0 Å². The molecule has 0 spiro atoms. The second kappa shape index (κ2) is 17.3. The molecule has 374 valence electrons. The molecule has 4 aromatic heterocycles. The van der Waals surface area contributed by atoms with Crippen molar-refractivity contribution in [2.75, 3.05) is 9.80 Å². The van der Waals surface area contributed by atoms with Gasteiger partial charge in [0.2, 0.25) is 0 Å². The molecular formula is C74H44N2O4. The van der Waals surface area contributed by atoms with Gasteiger partial charge in [0.15, 0.2) is 22.3 Å². The number of anilines is 6. The van der Waals surface area contributed by atoms with Gasteiger partial charge in [-0.2, -0.15) is 0 Å². The Balaban J connectivity index is 0.774. The van der Waals surface area contributed by atoms with Gasteiger partial charge in [-0.05, 0) is 130 Å². The molecular weight excluding hydrogens is 981 g/mol. The first-order valence-electron chi connectivity index (χ1n) is 27.0.